The minimum Gasteiger partial charge on any atom is -0.393 e. The first-order chi connectivity index (χ1) is 11.2. The molecule has 2 saturated carbocycles. The highest BCUT2D eigenvalue weighted by Gasteiger charge is 2.55. The molecule has 0 unspecified atom stereocenters. The SMILES string of the molecule is N#CCC[C@]12CCC3=C4CCC(=O)C=C4CC[C@H]3[C@@H]1CC[C@@H]2O. The van der Waals surface area contributed by atoms with Gasteiger partial charge in [0.1, 0.15) is 0 Å². The highest BCUT2D eigenvalue weighted by Crippen LogP contribution is 2.61. The van der Waals surface area contributed by atoms with Crippen molar-refractivity contribution in [1.29, 1.82) is 5.26 Å². The zero-order valence-corrected chi connectivity index (χ0v) is 13.7. The Labute approximate surface area is 138 Å². The Kier molecular flexibility index (Phi) is 3.69. The molecule has 0 aromatic carbocycles. The monoisotopic (exact) mass is 311 g/mol. The molecule has 4 atom stereocenters. The molecule has 0 radical (unpaired) electrons. The minimum atomic E-state index is -0.225. The summed E-state index contributed by atoms with van der Waals surface area (Å²) in [6, 6.07) is 2.30. The molecule has 0 aliphatic heterocycles. The highest BCUT2D eigenvalue weighted by molar-refractivity contribution is 5.93. The van der Waals surface area contributed by atoms with Crippen molar-refractivity contribution in [3.63, 3.8) is 0 Å². The number of nitriles is 1. The van der Waals surface area contributed by atoms with E-state index >= 15 is 0 Å². The first-order valence-electron chi connectivity index (χ1n) is 9.16. The molecule has 4 aliphatic rings. The summed E-state index contributed by atoms with van der Waals surface area (Å²) in [6.07, 6.45) is 10.9. The molecule has 0 aromatic rings. The maximum atomic E-state index is 11.7. The van der Waals surface area contributed by atoms with Crippen molar-refractivity contribution >= 4 is 5.78 Å². The van der Waals surface area contributed by atoms with Gasteiger partial charge in [0.05, 0.1) is 12.2 Å². The van der Waals surface area contributed by atoms with Crippen LogP contribution in [0.3, 0.4) is 0 Å². The van der Waals surface area contributed by atoms with E-state index in [-0.39, 0.29) is 11.5 Å². The van der Waals surface area contributed by atoms with Crippen molar-refractivity contribution in [2.24, 2.45) is 17.3 Å². The van der Waals surface area contributed by atoms with E-state index in [1.165, 1.54) is 11.1 Å². The standard InChI is InChI=1S/C20H25NO2/c21-11-1-9-20-10-8-16-15-5-3-14(22)12-13(15)2-4-17(16)18(20)6-7-19(20)23/h12,17-19,23H,1-10H2/t17-,18+,19+,20+/m1/s1. The Hall–Kier alpha value is -1.40. The van der Waals surface area contributed by atoms with Crippen molar-refractivity contribution in [2.75, 3.05) is 0 Å². The van der Waals surface area contributed by atoms with E-state index < -0.39 is 0 Å². The number of rotatable bonds is 2. The molecule has 0 bridgehead atoms. The second kappa shape index (κ2) is 5.60. The number of fused-ring (bicyclic) bond motifs is 4. The number of nitrogens with zero attached hydrogens (tertiary/aromatic N) is 1. The maximum absolute atomic E-state index is 11.7. The van der Waals surface area contributed by atoms with E-state index in [9.17, 15) is 9.90 Å². The Balaban J connectivity index is 1.70. The van der Waals surface area contributed by atoms with Crippen molar-refractivity contribution < 1.29 is 9.90 Å². The van der Waals surface area contributed by atoms with Crippen molar-refractivity contribution in [2.45, 2.75) is 70.3 Å². The summed E-state index contributed by atoms with van der Waals surface area (Å²) in [7, 11) is 0. The number of allylic oxidation sites excluding steroid dienone is 4. The van der Waals surface area contributed by atoms with E-state index in [0.717, 1.165) is 51.4 Å². The van der Waals surface area contributed by atoms with Gasteiger partial charge in [0.2, 0.25) is 0 Å². The van der Waals surface area contributed by atoms with Gasteiger partial charge in [-0.3, -0.25) is 4.79 Å². The van der Waals surface area contributed by atoms with Crippen LogP contribution in [0.1, 0.15) is 64.2 Å². The molecule has 4 rings (SSSR count). The summed E-state index contributed by atoms with van der Waals surface area (Å²) < 4.78 is 0. The van der Waals surface area contributed by atoms with Crippen LogP contribution in [0.15, 0.2) is 22.8 Å². The summed E-state index contributed by atoms with van der Waals surface area (Å²) >= 11 is 0. The topological polar surface area (TPSA) is 61.1 Å². The minimum absolute atomic E-state index is 0.0177. The third-order valence-corrected chi connectivity index (χ3v) is 7.11. The molecule has 0 heterocycles. The molecule has 0 aromatic heterocycles. The second-order valence-electron chi connectivity index (χ2n) is 7.88. The van der Waals surface area contributed by atoms with Crippen LogP contribution in [-0.4, -0.2) is 17.0 Å². The lowest BCUT2D eigenvalue weighted by atomic mass is 9.55. The van der Waals surface area contributed by atoms with Crippen LogP contribution in [0.5, 0.6) is 0 Å². The summed E-state index contributed by atoms with van der Waals surface area (Å²) in [5, 5.41) is 19.7. The zero-order chi connectivity index (χ0) is 16.0. The Bertz CT molecular complexity index is 639. The fourth-order valence-electron chi connectivity index (χ4n) is 6.09. The molecule has 0 amide bonds. The molecular weight excluding hydrogens is 286 g/mol. The van der Waals surface area contributed by atoms with Crippen LogP contribution in [0.4, 0.5) is 0 Å². The highest BCUT2D eigenvalue weighted by atomic mass is 16.3. The number of hydrogen-bond donors (Lipinski definition) is 1. The quantitative estimate of drug-likeness (QED) is 0.843. The van der Waals surface area contributed by atoms with Crippen molar-refractivity contribution in [3.05, 3.63) is 22.8 Å². The van der Waals surface area contributed by atoms with E-state index in [4.69, 9.17) is 5.26 Å². The fraction of sp³-hybridized carbons (Fsp3) is 0.700. The van der Waals surface area contributed by atoms with E-state index in [0.29, 0.717) is 30.5 Å². The number of carbonyl (C=O) groups excluding carboxylic acids is 1. The first kappa shape index (κ1) is 15.1. The molecule has 23 heavy (non-hydrogen) atoms. The largest absolute Gasteiger partial charge is 0.393 e. The van der Waals surface area contributed by atoms with Gasteiger partial charge in [0.15, 0.2) is 5.78 Å². The number of ketones is 1. The smallest absolute Gasteiger partial charge is 0.156 e. The molecule has 1 N–H and O–H groups in total. The molecule has 0 spiro atoms. The van der Waals surface area contributed by atoms with E-state index in [1.54, 1.807) is 5.57 Å². The maximum Gasteiger partial charge on any atom is 0.156 e. The van der Waals surface area contributed by atoms with Crippen LogP contribution in [0, 0.1) is 28.6 Å². The van der Waals surface area contributed by atoms with E-state index in [2.05, 4.69) is 6.07 Å². The Morgan fingerprint density at radius 2 is 2.09 bits per heavy atom. The van der Waals surface area contributed by atoms with Gasteiger partial charge in [0.25, 0.3) is 0 Å². The number of aliphatic hydroxyl groups excluding tert-OH is 1. The lowest BCUT2D eigenvalue weighted by molar-refractivity contribution is -0.114. The van der Waals surface area contributed by atoms with Crippen LogP contribution in [0.25, 0.3) is 0 Å². The lowest BCUT2D eigenvalue weighted by Gasteiger charge is -2.50. The molecular formula is C20H25NO2. The van der Waals surface area contributed by atoms with Gasteiger partial charge in [-0.15, -0.1) is 0 Å². The average molecular weight is 311 g/mol. The Morgan fingerprint density at radius 1 is 1.22 bits per heavy atom. The zero-order valence-electron chi connectivity index (χ0n) is 13.7. The summed E-state index contributed by atoms with van der Waals surface area (Å²) in [6.45, 7) is 0. The number of hydrogen-bond acceptors (Lipinski definition) is 3. The molecule has 0 saturated heterocycles. The van der Waals surface area contributed by atoms with Crippen molar-refractivity contribution in [3.8, 4) is 6.07 Å². The van der Waals surface area contributed by atoms with Gasteiger partial charge < -0.3 is 5.11 Å². The summed E-state index contributed by atoms with van der Waals surface area (Å²) in [5.74, 6) is 1.42. The van der Waals surface area contributed by atoms with Crippen LogP contribution in [0.2, 0.25) is 0 Å². The predicted octanol–water partition coefficient (Wildman–Crippen LogP) is 3.84. The Morgan fingerprint density at radius 3 is 2.91 bits per heavy atom. The van der Waals surface area contributed by atoms with Gasteiger partial charge in [-0.05, 0) is 80.4 Å². The number of aliphatic hydroxyl groups is 1. The summed E-state index contributed by atoms with van der Waals surface area (Å²) in [5.41, 5.74) is 4.37. The van der Waals surface area contributed by atoms with Gasteiger partial charge in [-0.2, -0.15) is 5.26 Å². The third-order valence-electron chi connectivity index (χ3n) is 7.11. The van der Waals surface area contributed by atoms with Crippen molar-refractivity contribution in [1.82, 2.24) is 0 Å². The first-order valence-corrected chi connectivity index (χ1v) is 9.16. The number of carbonyl (C=O) groups is 1. The molecule has 3 nitrogen and oxygen atoms in total. The van der Waals surface area contributed by atoms with Crippen LogP contribution < -0.4 is 0 Å². The van der Waals surface area contributed by atoms with Gasteiger partial charge >= 0.3 is 0 Å². The van der Waals surface area contributed by atoms with Gasteiger partial charge in [0, 0.05) is 18.3 Å². The lowest BCUT2D eigenvalue weighted by Crippen LogP contribution is -2.44. The fourth-order valence-corrected chi connectivity index (χ4v) is 6.09. The van der Waals surface area contributed by atoms with Gasteiger partial charge in [-0.25, -0.2) is 0 Å². The van der Waals surface area contributed by atoms with Crippen LogP contribution >= 0.6 is 0 Å². The predicted molar refractivity (Wildman–Crippen MR) is 87.3 cm³/mol. The van der Waals surface area contributed by atoms with Gasteiger partial charge in [-0.1, -0.05) is 5.57 Å². The van der Waals surface area contributed by atoms with E-state index in [1.807, 2.05) is 6.08 Å². The molecule has 122 valence electrons. The van der Waals surface area contributed by atoms with Crippen LogP contribution in [-0.2, 0) is 4.79 Å². The molecule has 4 aliphatic carbocycles. The average Bonchev–Trinajstić information content (AvgIpc) is 2.89. The molecule has 3 heteroatoms. The normalized spacial score (nSPS) is 39.2. The second-order valence-corrected chi connectivity index (χ2v) is 7.88. The summed E-state index contributed by atoms with van der Waals surface area (Å²) in [4.78, 5) is 11.7. The third kappa shape index (κ3) is 2.22. The molecule has 2 fully saturated rings.